The van der Waals surface area contributed by atoms with Crippen molar-refractivity contribution in [2.75, 3.05) is 19.3 Å². The van der Waals surface area contributed by atoms with E-state index in [9.17, 15) is 22.8 Å². The van der Waals surface area contributed by atoms with Crippen molar-refractivity contribution in [2.45, 2.75) is 19.3 Å². The number of hydrogen-bond acceptors (Lipinski definition) is 5. The standard InChI is InChI=1S/C10H15N3O5S/c1-11-19(17,18)6-5-13-8(15)10(3-2-4-10)7(14)12-9(13)16/h11H,2-6H2,1H3,(H,12,14,16). The fraction of sp³-hybridized carbons (Fsp3) is 0.700. The number of imide groups is 2. The van der Waals surface area contributed by atoms with Crippen LogP contribution in [0.15, 0.2) is 0 Å². The van der Waals surface area contributed by atoms with Gasteiger partial charge in [-0.2, -0.15) is 0 Å². The minimum Gasteiger partial charge on any atom is -0.277 e. The van der Waals surface area contributed by atoms with E-state index in [1.165, 1.54) is 7.05 Å². The van der Waals surface area contributed by atoms with Crippen molar-refractivity contribution in [3.8, 4) is 0 Å². The number of barbiturate groups is 1. The molecule has 1 aliphatic carbocycles. The lowest BCUT2D eigenvalue weighted by Gasteiger charge is -2.44. The van der Waals surface area contributed by atoms with Crippen molar-refractivity contribution < 1.29 is 22.8 Å². The second-order valence-electron chi connectivity index (χ2n) is 4.67. The van der Waals surface area contributed by atoms with Gasteiger partial charge in [0.15, 0.2) is 0 Å². The zero-order chi connectivity index (χ0) is 14.3. The van der Waals surface area contributed by atoms with Gasteiger partial charge in [0.05, 0.1) is 5.75 Å². The summed E-state index contributed by atoms with van der Waals surface area (Å²) in [5.74, 6) is -1.53. The number of carbonyl (C=O) groups excluding carboxylic acids is 3. The molecule has 0 atom stereocenters. The number of nitrogens with one attached hydrogen (secondary N) is 2. The SMILES string of the molecule is CNS(=O)(=O)CCN1C(=O)NC(=O)C2(CCC2)C1=O. The van der Waals surface area contributed by atoms with Gasteiger partial charge in [0.1, 0.15) is 5.41 Å². The van der Waals surface area contributed by atoms with Crippen molar-refractivity contribution in [1.82, 2.24) is 14.9 Å². The van der Waals surface area contributed by atoms with E-state index in [-0.39, 0.29) is 12.3 Å². The maximum Gasteiger partial charge on any atom is 0.330 e. The molecule has 0 aromatic rings. The van der Waals surface area contributed by atoms with E-state index in [0.717, 1.165) is 11.3 Å². The minimum atomic E-state index is -3.51. The average molecular weight is 289 g/mol. The van der Waals surface area contributed by atoms with Gasteiger partial charge in [0.25, 0.3) is 0 Å². The summed E-state index contributed by atoms with van der Waals surface area (Å²) in [5.41, 5.74) is -1.16. The van der Waals surface area contributed by atoms with Crippen molar-refractivity contribution in [1.29, 1.82) is 0 Å². The molecule has 1 saturated heterocycles. The van der Waals surface area contributed by atoms with E-state index >= 15 is 0 Å². The molecule has 0 radical (unpaired) electrons. The Morgan fingerprint density at radius 3 is 2.42 bits per heavy atom. The Kier molecular flexibility index (Phi) is 3.35. The van der Waals surface area contributed by atoms with E-state index in [1.54, 1.807) is 0 Å². The van der Waals surface area contributed by atoms with Crippen LogP contribution in [-0.2, 0) is 19.6 Å². The molecule has 2 N–H and O–H groups in total. The van der Waals surface area contributed by atoms with E-state index < -0.39 is 33.3 Å². The molecular weight excluding hydrogens is 274 g/mol. The maximum absolute atomic E-state index is 12.2. The highest BCUT2D eigenvalue weighted by molar-refractivity contribution is 7.89. The Morgan fingerprint density at radius 1 is 1.32 bits per heavy atom. The Bertz CT molecular complexity index is 537. The second kappa shape index (κ2) is 4.57. The molecule has 8 nitrogen and oxygen atoms in total. The fourth-order valence-corrected chi connectivity index (χ4v) is 2.85. The predicted octanol–water partition coefficient (Wildman–Crippen LogP) is -1.22. The Labute approximate surface area is 110 Å². The van der Waals surface area contributed by atoms with Crippen LogP contribution in [0, 0.1) is 5.41 Å². The summed E-state index contributed by atoms with van der Waals surface area (Å²) in [5, 5.41) is 2.12. The monoisotopic (exact) mass is 289 g/mol. The summed E-state index contributed by atoms with van der Waals surface area (Å²) in [6, 6.07) is -0.848. The van der Waals surface area contributed by atoms with Crippen LogP contribution in [0.4, 0.5) is 4.79 Å². The number of rotatable bonds is 4. The molecule has 1 aliphatic heterocycles. The Balaban J connectivity index is 2.14. The highest BCUT2D eigenvalue weighted by Gasteiger charge is 2.57. The van der Waals surface area contributed by atoms with Crippen LogP contribution < -0.4 is 10.0 Å². The first kappa shape index (κ1) is 13.9. The third kappa shape index (κ3) is 2.23. The molecule has 106 valence electrons. The van der Waals surface area contributed by atoms with Gasteiger partial charge in [0, 0.05) is 6.54 Å². The number of amides is 4. The third-order valence-corrected chi connectivity index (χ3v) is 5.00. The summed E-state index contributed by atoms with van der Waals surface area (Å²) < 4.78 is 24.7. The molecular formula is C10H15N3O5S. The zero-order valence-corrected chi connectivity index (χ0v) is 11.2. The van der Waals surface area contributed by atoms with Crippen molar-refractivity contribution in [3.63, 3.8) is 0 Å². The van der Waals surface area contributed by atoms with Gasteiger partial charge in [0.2, 0.25) is 21.8 Å². The third-order valence-electron chi connectivity index (χ3n) is 3.66. The minimum absolute atomic E-state index is 0.261. The molecule has 1 spiro atoms. The Hall–Kier alpha value is -1.48. The summed E-state index contributed by atoms with van der Waals surface area (Å²) in [4.78, 5) is 36.3. The summed E-state index contributed by atoms with van der Waals surface area (Å²) >= 11 is 0. The average Bonchev–Trinajstić information content (AvgIpc) is 2.26. The maximum atomic E-state index is 12.2. The number of hydrogen-bond donors (Lipinski definition) is 2. The van der Waals surface area contributed by atoms with Crippen LogP contribution in [0.3, 0.4) is 0 Å². The molecule has 1 heterocycles. The Morgan fingerprint density at radius 2 is 1.95 bits per heavy atom. The molecule has 4 amide bonds. The molecule has 2 rings (SSSR count). The molecule has 0 aromatic carbocycles. The van der Waals surface area contributed by atoms with Gasteiger partial charge < -0.3 is 0 Å². The van der Waals surface area contributed by atoms with Crippen LogP contribution in [0.1, 0.15) is 19.3 Å². The van der Waals surface area contributed by atoms with Crippen LogP contribution in [0.25, 0.3) is 0 Å². The second-order valence-corrected chi connectivity index (χ2v) is 6.72. The highest BCUT2D eigenvalue weighted by Crippen LogP contribution is 2.44. The number of nitrogens with zero attached hydrogens (tertiary/aromatic N) is 1. The van der Waals surface area contributed by atoms with Crippen molar-refractivity contribution in [2.24, 2.45) is 5.41 Å². The number of urea groups is 1. The van der Waals surface area contributed by atoms with Crippen LogP contribution >= 0.6 is 0 Å². The van der Waals surface area contributed by atoms with Crippen LogP contribution in [-0.4, -0.2) is 50.5 Å². The molecule has 9 heteroatoms. The zero-order valence-electron chi connectivity index (χ0n) is 10.4. The van der Waals surface area contributed by atoms with Gasteiger partial charge >= 0.3 is 6.03 Å². The molecule has 1 saturated carbocycles. The molecule has 0 bridgehead atoms. The molecule has 19 heavy (non-hydrogen) atoms. The van der Waals surface area contributed by atoms with Crippen LogP contribution in [0.5, 0.6) is 0 Å². The number of sulfonamides is 1. The summed E-state index contributed by atoms with van der Waals surface area (Å²) in [7, 11) is -2.26. The first-order valence-electron chi connectivity index (χ1n) is 5.91. The largest absolute Gasteiger partial charge is 0.330 e. The molecule has 2 aliphatic rings. The predicted molar refractivity (Wildman–Crippen MR) is 64.4 cm³/mol. The smallest absolute Gasteiger partial charge is 0.277 e. The van der Waals surface area contributed by atoms with Crippen LogP contribution in [0.2, 0.25) is 0 Å². The summed E-state index contributed by atoms with van der Waals surface area (Å²) in [6.45, 7) is -0.261. The molecule has 0 aromatic heterocycles. The van der Waals surface area contributed by atoms with Crippen molar-refractivity contribution in [3.05, 3.63) is 0 Å². The van der Waals surface area contributed by atoms with Gasteiger partial charge in [-0.05, 0) is 19.9 Å². The van der Waals surface area contributed by atoms with Gasteiger partial charge in [-0.3, -0.25) is 19.8 Å². The lowest BCUT2D eigenvalue weighted by Crippen LogP contribution is -2.66. The quantitative estimate of drug-likeness (QED) is 0.630. The summed E-state index contributed by atoms with van der Waals surface area (Å²) in [6.07, 6.45) is 1.55. The van der Waals surface area contributed by atoms with E-state index in [4.69, 9.17) is 0 Å². The normalized spacial score (nSPS) is 22.4. The van der Waals surface area contributed by atoms with E-state index in [0.29, 0.717) is 12.8 Å². The van der Waals surface area contributed by atoms with Crippen molar-refractivity contribution >= 4 is 27.9 Å². The lowest BCUT2D eigenvalue weighted by molar-refractivity contribution is -0.157. The lowest BCUT2D eigenvalue weighted by atomic mass is 9.66. The first-order chi connectivity index (χ1) is 8.82. The topological polar surface area (TPSA) is 113 Å². The van der Waals surface area contributed by atoms with Gasteiger partial charge in [-0.15, -0.1) is 0 Å². The molecule has 0 unspecified atom stereocenters. The van der Waals surface area contributed by atoms with Gasteiger partial charge in [-0.25, -0.2) is 17.9 Å². The molecule has 2 fully saturated rings. The number of carbonyl (C=O) groups is 3. The van der Waals surface area contributed by atoms with E-state index in [1.807, 2.05) is 0 Å². The first-order valence-corrected chi connectivity index (χ1v) is 7.56. The van der Waals surface area contributed by atoms with E-state index in [2.05, 4.69) is 10.0 Å². The van der Waals surface area contributed by atoms with Gasteiger partial charge in [-0.1, -0.05) is 6.42 Å². The highest BCUT2D eigenvalue weighted by atomic mass is 32.2. The fourth-order valence-electron chi connectivity index (χ4n) is 2.22.